The van der Waals surface area contributed by atoms with Crippen LogP contribution in [0.4, 0.5) is 4.39 Å². The van der Waals surface area contributed by atoms with Gasteiger partial charge in [-0.2, -0.15) is 0 Å². The van der Waals surface area contributed by atoms with Gasteiger partial charge in [0.1, 0.15) is 5.82 Å². The Balaban J connectivity index is 2.64. The molecular formula is C10H6BrClFN. The minimum atomic E-state index is -0.349. The van der Waals surface area contributed by atoms with Crippen molar-refractivity contribution < 1.29 is 4.39 Å². The standard InChI is InChI=1S/C10H6BrClFN/c11-8-5-7(13)6-9(12)10(8)14-3-1-2-4-14/h1-6H. The molecule has 0 N–H and O–H groups in total. The Labute approximate surface area is 94.2 Å². The molecule has 0 amide bonds. The van der Waals surface area contributed by atoms with Crippen molar-refractivity contribution in [3.8, 4) is 5.69 Å². The molecule has 1 aromatic heterocycles. The highest BCUT2D eigenvalue weighted by Gasteiger charge is 2.08. The predicted octanol–water partition coefficient (Wildman–Crippen LogP) is 4.03. The molecular weight excluding hydrogens is 268 g/mol. The van der Waals surface area contributed by atoms with Crippen LogP contribution >= 0.6 is 27.5 Å². The minimum absolute atomic E-state index is 0.349. The Morgan fingerprint density at radius 1 is 1.21 bits per heavy atom. The van der Waals surface area contributed by atoms with Gasteiger partial charge in [-0.1, -0.05) is 11.6 Å². The first kappa shape index (κ1) is 9.74. The van der Waals surface area contributed by atoms with E-state index in [0.29, 0.717) is 9.50 Å². The first-order chi connectivity index (χ1) is 6.68. The molecule has 2 rings (SSSR count). The summed E-state index contributed by atoms with van der Waals surface area (Å²) in [4.78, 5) is 0. The van der Waals surface area contributed by atoms with Gasteiger partial charge in [-0.3, -0.25) is 0 Å². The predicted molar refractivity (Wildman–Crippen MR) is 58.4 cm³/mol. The molecule has 0 aliphatic rings. The Morgan fingerprint density at radius 3 is 2.43 bits per heavy atom. The number of halogens is 3. The van der Waals surface area contributed by atoms with Crippen LogP contribution in [0.25, 0.3) is 5.69 Å². The molecule has 4 heteroatoms. The fourth-order valence-electron chi connectivity index (χ4n) is 1.26. The third-order valence-electron chi connectivity index (χ3n) is 1.84. The van der Waals surface area contributed by atoms with E-state index in [1.54, 1.807) is 0 Å². The second kappa shape index (κ2) is 3.75. The van der Waals surface area contributed by atoms with Gasteiger partial charge >= 0.3 is 0 Å². The summed E-state index contributed by atoms with van der Waals surface area (Å²) >= 11 is 9.21. The molecule has 1 aromatic carbocycles. The summed E-state index contributed by atoms with van der Waals surface area (Å²) in [6.45, 7) is 0. The highest BCUT2D eigenvalue weighted by Crippen LogP contribution is 2.29. The fraction of sp³-hybridized carbons (Fsp3) is 0. The lowest BCUT2D eigenvalue weighted by atomic mass is 10.3. The Morgan fingerprint density at radius 2 is 1.86 bits per heavy atom. The number of benzene rings is 1. The van der Waals surface area contributed by atoms with E-state index in [-0.39, 0.29) is 5.82 Å². The maximum atomic E-state index is 12.9. The van der Waals surface area contributed by atoms with E-state index in [9.17, 15) is 4.39 Å². The SMILES string of the molecule is Fc1cc(Cl)c(-n2cccc2)c(Br)c1. The summed E-state index contributed by atoms with van der Waals surface area (Å²) in [5, 5.41) is 0.382. The zero-order chi connectivity index (χ0) is 10.1. The maximum Gasteiger partial charge on any atom is 0.125 e. The van der Waals surface area contributed by atoms with Crippen molar-refractivity contribution in [2.45, 2.75) is 0 Å². The van der Waals surface area contributed by atoms with Crippen molar-refractivity contribution in [3.05, 3.63) is 52.0 Å². The summed E-state index contributed by atoms with van der Waals surface area (Å²) < 4.78 is 15.4. The van der Waals surface area contributed by atoms with Gasteiger partial charge in [-0.15, -0.1) is 0 Å². The molecule has 0 fully saturated rings. The number of nitrogens with zero attached hydrogens (tertiary/aromatic N) is 1. The molecule has 0 aliphatic carbocycles. The average molecular weight is 275 g/mol. The summed E-state index contributed by atoms with van der Waals surface area (Å²) in [5.41, 5.74) is 0.748. The van der Waals surface area contributed by atoms with Gasteiger partial charge in [-0.05, 0) is 40.2 Å². The first-order valence-electron chi connectivity index (χ1n) is 3.96. The Kier molecular flexibility index (Phi) is 2.61. The Hall–Kier alpha value is -0.800. The normalized spacial score (nSPS) is 10.5. The third-order valence-corrected chi connectivity index (χ3v) is 2.74. The fourth-order valence-corrected chi connectivity index (χ4v) is 2.32. The molecule has 14 heavy (non-hydrogen) atoms. The van der Waals surface area contributed by atoms with E-state index < -0.39 is 0 Å². The lowest BCUT2D eigenvalue weighted by Gasteiger charge is -2.08. The maximum absolute atomic E-state index is 12.9. The Bertz CT molecular complexity index is 430. The molecule has 0 atom stereocenters. The van der Waals surface area contributed by atoms with Crippen LogP contribution in [-0.2, 0) is 0 Å². The molecule has 0 saturated carbocycles. The van der Waals surface area contributed by atoms with E-state index >= 15 is 0 Å². The van der Waals surface area contributed by atoms with Crippen molar-refractivity contribution in [2.24, 2.45) is 0 Å². The van der Waals surface area contributed by atoms with E-state index in [0.717, 1.165) is 5.69 Å². The molecule has 1 heterocycles. The van der Waals surface area contributed by atoms with Gasteiger partial charge in [0.25, 0.3) is 0 Å². The monoisotopic (exact) mass is 273 g/mol. The smallest absolute Gasteiger partial charge is 0.125 e. The van der Waals surface area contributed by atoms with Crippen molar-refractivity contribution in [1.29, 1.82) is 0 Å². The van der Waals surface area contributed by atoms with Crippen molar-refractivity contribution >= 4 is 27.5 Å². The molecule has 1 nitrogen and oxygen atoms in total. The van der Waals surface area contributed by atoms with Crippen molar-refractivity contribution in [1.82, 2.24) is 4.57 Å². The summed E-state index contributed by atoms with van der Waals surface area (Å²) in [6.07, 6.45) is 3.70. The van der Waals surface area contributed by atoms with E-state index in [1.165, 1.54) is 12.1 Å². The molecule has 0 radical (unpaired) electrons. The van der Waals surface area contributed by atoms with E-state index in [1.807, 2.05) is 29.1 Å². The summed E-state index contributed by atoms with van der Waals surface area (Å²) in [6, 6.07) is 6.45. The van der Waals surface area contributed by atoms with Crippen LogP contribution in [0.1, 0.15) is 0 Å². The number of hydrogen-bond donors (Lipinski definition) is 0. The average Bonchev–Trinajstić information content (AvgIpc) is 2.54. The van der Waals surface area contributed by atoms with Gasteiger partial charge in [0.05, 0.1) is 10.7 Å². The quantitative estimate of drug-likeness (QED) is 0.740. The lowest BCUT2D eigenvalue weighted by molar-refractivity contribution is 0.626. The molecule has 0 aliphatic heterocycles. The van der Waals surface area contributed by atoms with Crippen LogP contribution in [0.5, 0.6) is 0 Å². The van der Waals surface area contributed by atoms with Crippen molar-refractivity contribution in [2.75, 3.05) is 0 Å². The lowest BCUT2D eigenvalue weighted by Crippen LogP contribution is -1.93. The molecule has 72 valence electrons. The molecule has 2 aromatic rings. The molecule has 0 spiro atoms. The van der Waals surface area contributed by atoms with Crippen LogP contribution < -0.4 is 0 Å². The third kappa shape index (κ3) is 1.70. The van der Waals surface area contributed by atoms with Gasteiger partial charge in [0.15, 0.2) is 0 Å². The van der Waals surface area contributed by atoms with Crippen LogP contribution in [0.3, 0.4) is 0 Å². The second-order valence-electron chi connectivity index (χ2n) is 2.81. The van der Waals surface area contributed by atoms with Crippen LogP contribution in [0.15, 0.2) is 41.1 Å². The van der Waals surface area contributed by atoms with Crippen LogP contribution in [0.2, 0.25) is 5.02 Å². The number of rotatable bonds is 1. The topological polar surface area (TPSA) is 4.93 Å². The largest absolute Gasteiger partial charge is 0.322 e. The number of hydrogen-bond acceptors (Lipinski definition) is 0. The molecule has 0 bridgehead atoms. The van der Waals surface area contributed by atoms with E-state index in [2.05, 4.69) is 15.9 Å². The van der Waals surface area contributed by atoms with Gasteiger partial charge in [-0.25, -0.2) is 4.39 Å². The molecule has 0 unspecified atom stereocenters. The van der Waals surface area contributed by atoms with E-state index in [4.69, 9.17) is 11.6 Å². The highest BCUT2D eigenvalue weighted by atomic mass is 79.9. The zero-order valence-electron chi connectivity index (χ0n) is 7.05. The minimum Gasteiger partial charge on any atom is -0.322 e. The first-order valence-corrected chi connectivity index (χ1v) is 5.13. The zero-order valence-corrected chi connectivity index (χ0v) is 9.39. The van der Waals surface area contributed by atoms with Crippen molar-refractivity contribution in [3.63, 3.8) is 0 Å². The summed E-state index contributed by atoms with van der Waals surface area (Å²) in [7, 11) is 0. The van der Waals surface area contributed by atoms with Crippen LogP contribution in [-0.4, -0.2) is 4.57 Å². The number of aromatic nitrogens is 1. The summed E-state index contributed by atoms with van der Waals surface area (Å²) in [5.74, 6) is -0.349. The second-order valence-corrected chi connectivity index (χ2v) is 4.07. The van der Waals surface area contributed by atoms with Gasteiger partial charge < -0.3 is 4.57 Å². The highest BCUT2D eigenvalue weighted by molar-refractivity contribution is 9.10. The van der Waals surface area contributed by atoms with Gasteiger partial charge in [0, 0.05) is 16.9 Å². The molecule has 0 saturated heterocycles. The van der Waals surface area contributed by atoms with Gasteiger partial charge in [0.2, 0.25) is 0 Å². The van der Waals surface area contributed by atoms with Crippen LogP contribution in [0, 0.1) is 5.82 Å².